The largest absolute Gasteiger partial charge is 0.353 e. The Kier molecular flexibility index (Phi) is 3.60. The van der Waals surface area contributed by atoms with E-state index in [0.717, 1.165) is 10.4 Å². The number of nitrogens with one attached hydrogen (secondary N) is 1. The van der Waals surface area contributed by atoms with Crippen molar-refractivity contribution in [2.75, 3.05) is 13.1 Å². The van der Waals surface area contributed by atoms with E-state index in [1.807, 2.05) is 0 Å². The van der Waals surface area contributed by atoms with Crippen LogP contribution in [0.15, 0.2) is 23.1 Å². The molecule has 0 bridgehead atoms. The predicted molar refractivity (Wildman–Crippen MR) is 72.1 cm³/mol. The molecule has 0 radical (unpaired) electrons. The van der Waals surface area contributed by atoms with Crippen molar-refractivity contribution in [1.82, 2.24) is 9.62 Å². The highest BCUT2D eigenvalue weighted by Gasteiger charge is 2.44. The standard InChI is InChI=1S/C13H17FN2O3S/c1-9-8-10(4-5-11(9)14)20(18,19)16-7-6-15-12(17)13(16,2)3/h4-5,8H,6-7H2,1-3H3,(H,15,17). The fourth-order valence-corrected chi connectivity index (χ4v) is 4.04. The fraction of sp³-hybridized carbons (Fsp3) is 0.462. The van der Waals surface area contributed by atoms with Gasteiger partial charge < -0.3 is 5.32 Å². The molecule has 1 aliphatic rings. The number of rotatable bonds is 2. The Hall–Kier alpha value is -1.47. The molecule has 1 aromatic carbocycles. The van der Waals surface area contributed by atoms with Gasteiger partial charge in [-0.05, 0) is 44.5 Å². The third kappa shape index (κ3) is 2.31. The molecule has 0 atom stereocenters. The lowest BCUT2D eigenvalue weighted by molar-refractivity contribution is -0.131. The molecule has 2 rings (SSSR count). The van der Waals surface area contributed by atoms with E-state index < -0.39 is 21.4 Å². The van der Waals surface area contributed by atoms with Gasteiger partial charge in [-0.1, -0.05) is 0 Å². The van der Waals surface area contributed by atoms with Crippen LogP contribution in [0.2, 0.25) is 0 Å². The molecule has 0 unspecified atom stereocenters. The SMILES string of the molecule is Cc1cc(S(=O)(=O)N2CCNC(=O)C2(C)C)ccc1F. The lowest BCUT2D eigenvalue weighted by Gasteiger charge is -2.39. The van der Waals surface area contributed by atoms with Gasteiger partial charge in [0, 0.05) is 13.1 Å². The summed E-state index contributed by atoms with van der Waals surface area (Å²) < 4.78 is 39.7. The van der Waals surface area contributed by atoms with E-state index >= 15 is 0 Å². The van der Waals surface area contributed by atoms with Crippen molar-refractivity contribution in [3.8, 4) is 0 Å². The third-order valence-corrected chi connectivity index (χ3v) is 5.57. The summed E-state index contributed by atoms with van der Waals surface area (Å²) in [5.41, 5.74) is -0.912. The van der Waals surface area contributed by atoms with Gasteiger partial charge in [-0.3, -0.25) is 4.79 Å². The maximum absolute atomic E-state index is 13.3. The molecule has 1 N–H and O–H groups in total. The van der Waals surface area contributed by atoms with Crippen LogP contribution in [0.5, 0.6) is 0 Å². The van der Waals surface area contributed by atoms with E-state index in [1.54, 1.807) is 13.8 Å². The topological polar surface area (TPSA) is 66.5 Å². The average molecular weight is 300 g/mol. The molecule has 5 nitrogen and oxygen atoms in total. The Morgan fingerprint density at radius 1 is 1.35 bits per heavy atom. The summed E-state index contributed by atoms with van der Waals surface area (Å²) in [7, 11) is -3.84. The zero-order chi connectivity index (χ0) is 15.1. The van der Waals surface area contributed by atoms with Crippen molar-refractivity contribution in [3.63, 3.8) is 0 Å². The van der Waals surface area contributed by atoms with Crippen LogP contribution in [-0.2, 0) is 14.8 Å². The molecule has 7 heteroatoms. The van der Waals surface area contributed by atoms with Gasteiger partial charge >= 0.3 is 0 Å². The van der Waals surface area contributed by atoms with E-state index in [9.17, 15) is 17.6 Å². The molecule has 0 spiro atoms. The Labute approximate surface area is 117 Å². The van der Waals surface area contributed by atoms with Gasteiger partial charge in [0.2, 0.25) is 15.9 Å². The molecule has 0 aromatic heterocycles. The monoisotopic (exact) mass is 300 g/mol. The van der Waals surface area contributed by atoms with Crippen LogP contribution in [0.1, 0.15) is 19.4 Å². The molecule has 1 fully saturated rings. The quantitative estimate of drug-likeness (QED) is 0.887. The summed E-state index contributed by atoms with van der Waals surface area (Å²) in [5.74, 6) is -0.800. The number of halogens is 1. The van der Waals surface area contributed by atoms with E-state index in [-0.39, 0.29) is 29.5 Å². The molecule has 0 saturated carbocycles. The van der Waals surface area contributed by atoms with Crippen molar-refractivity contribution in [3.05, 3.63) is 29.6 Å². The predicted octanol–water partition coefficient (Wildman–Crippen LogP) is 1.03. The Bertz CT molecular complexity index is 656. The summed E-state index contributed by atoms with van der Waals surface area (Å²) in [6.45, 7) is 5.06. The van der Waals surface area contributed by atoms with Crippen molar-refractivity contribution in [2.24, 2.45) is 0 Å². The number of carbonyl (C=O) groups is 1. The molecule has 1 aromatic rings. The number of hydrogen-bond acceptors (Lipinski definition) is 3. The second-order valence-electron chi connectivity index (χ2n) is 5.30. The summed E-state index contributed by atoms with van der Waals surface area (Å²) in [4.78, 5) is 11.8. The van der Waals surface area contributed by atoms with E-state index in [4.69, 9.17) is 0 Å². The van der Waals surface area contributed by atoms with Crippen LogP contribution in [0, 0.1) is 12.7 Å². The van der Waals surface area contributed by atoms with Crippen LogP contribution < -0.4 is 5.32 Å². The fourth-order valence-electron chi connectivity index (χ4n) is 2.21. The van der Waals surface area contributed by atoms with Crippen LogP contribution in [-0.4, -0.2) is 37.3 Å². The molecule has 20 heavy (non-hydrogen) atoms. The Morgan fingerprint density at radius 3 is 2.60 bits per heavy atom. The van der Waals surface area contributed by atoms with Crippen molar-refractivity contribution < 1.29 is 17.6 Å². The van der Waals surface area contributed by atoms with Gasteiger partial charge in [0.05, 0.1) is 4.90 Å². The van der Waals surface area contributed by atoms with Gasteiger partial charge in [0.1, 0.15) is 11.4 Å². The summed E-state index contributed by atoms with van der Waals surface area (Å²) in [6, 6.07) is 3.63. The first kappa shape index (κ1) is 14.9. The lowest BCUT2D eigenvalue weighted by Crippen LogP contribution is -2.63. The zero-order valence-electron chi connectivity index (χ0n) is 11.6. The van der Waals surface area contributed by atoms with E-state index in [2.05, 4.69) is 5.32 Å². The number of piperazine rings is 1. The van der Waals surface area contributed by atoms with E-state index in [1.165, 1.54) is 19.1 Å². The van der Waals surface area contributed by atoms with Gasteiger partial charge in [0.15, 0.2) is 0 Å². The molecule has 0 aliphatic carbocycles. The minimum absolute atomic E-state index is 0.000764. The smallest absolute Gasteiger partial charge is 0.244 e. The van der Waals surface area contributed by atoms with Crippen LogP contribution in [0.3, 0.4) is 0 Å². The number of amides is 1. The third-order valence-electron chi connectivity index (χ3n) is 3.50. The lowest BCUT2D eigenvalue weighted by atomic mass is 10.0. The zero-order valence-corrected chi connectivity index (χ0v) is 12.4. The molecule has 1 aliphatic heterocycles. The molecular weight excluding hydrogens is 283 g/mol. The van der Waals surface area contributed by atoms with Crippen molar-refractivity contribution in [2.45, 2.75) is 31.2 Å². The van der Waals surface area contributed by atoms with Gasteiger partial charge in [0.25, 0.3) is 0 Å². The first-order valence-corrected chi connectivity index (χ1v) is 7.68. The van der Waals surface area contributed by atoms with Gasteiger partial charge in [-0.15, -0.1) is 0 Å². The first-order valence-electron chi connectivity index (χ1n) is 6.24. The number of sulfonamides is 1. The van der Waals surface area contributed by atoms with Crippen LogP contribution in [0.25, 0.3) is 0 Å². The molecule has 1 saturated heterocycles. The molecular formula is C13H17FN2O3S. The average Bonchev–Trinajstić information content (AvgIpc) is 2.35. The highest BCUT2D eigenvalue weighted by Crippen LogP contribution is 2.27. The van der Waals surface area contributed by atoms with E-state index in [0.29, 0.717) is 0 Å². The summed E-state index contributed by atoms with van der Waals surface area (Å²) in [5, 5.41) is 2.64. The highest BCUT2D eigenvalue weighted by atomic mass is 32.2. The number of hydrogen-bond donors (Lipinski definition) is 1. The van der Waals surface area contributed by atoms with Gasteiger partial charge in [-0.2, -0.15) is 4.31 Å². The normalized spacial score (nSPS) is 19.7. The van der Waals surface area contributed by atoms with Crippen LogP contribution >= 0.6 is 0 Å². The minimum Gasteiger partial charge on any atom is -0.353 e. The number of nitrogens with zero attached hydrogens (tertiary/aromatic N) is 1. The minimum atomic E-state index is -3.84. The number of carbonyl (C=O) groups excluding carboxylic acids is 1. The summed E-state index contributed by atoms with van der Waals surface area (Å²) in [6.07, 6.45) is 0. The Morgan fingerprint density at radius 2 is 2.00 bits per heavy atom. The maximum atomic E-state index is 13.3. The second kappa shape index (κ2) is 4.82. The molecule has 1 amide bonds. The summed E-state index contributed by atoms with van der Waals surface area (Å²) >= 11 is 0. The van der Waals surface area contributed by atoms with Crippen LogP contribution in [0.4, 0.5) is 4.39 Å². The number of benzene rings is 1. The van der Waals surface area contributed by atoms with Gasteiger partial charge in [-0.25, -0.2) is 12.8 Å². The highest BCUT2D eigenvalue weighted by molar-refractivity contribution is 7.89. The first-order chi connectivity index (χ1) is 9.17. The maximum Gasteiger partial charge on any atom is 0.244 e. The number of aryl methyl sites for hydroxylation is 1. The second-order valence-corrected chi connectivity index (χ2v) is 7.17. The van der Waals surface area contributed by atoms with Crippen molar-refractivity contribution in [1.29, 1.82) is 0 Å². The molecule has 1 heterocycles. The Balaban J connectivity index is 2.49. The molecule has 110 valence electrons. The van der Waals surface area contributed by atoms with Crippen molar-refractivity contribution >= 4 is 15.9 Å².